The van der Waals surface area contributed by atoms with Gasteiger partial charge in [-0.25, -0.2) is 9.97 Å². The first-order chi connectivity index (χ1) is 17.4. The third-order valence-corrected chi connectivity index (χ3v) is 6.98. The molecule has 11 heteroatoms. The van der Waals surface area contributed by atoms with Crippen LogP contribution in [0.2, 0.25) is 5.02 Å². The van der Waals surface area contributed by atoms with Crippen molar-refractivity contribution < 1.29 is 23.5 Å². The van der Waals surface area contributed by atoms with Crippen molar-refractivity contribution in [2.45, 2.75) is 44.6 Å². The molecule has 10 nitrogen and oxygen atoms in total. The number of nitrogens with one attached hydrogen (secondary N) is 2. The average Bonchev–Trinajstić information content (AvgIpc) is 3.48. The van der Waals surface area contributed by atoms with Gasteiger partial charge in [0.2, 0.25) is 23.5 Å². The van der Waals surface area contributed by atoms with Crippen LogP contribution in [0.25, 0.3) is 11.1 Å². The highest BCUT2D eigenvalue weighted by Gasteiger charge is 2.34. The fourth-order valence-corrected chi connectivity index (χ4v) is 5.01. The van der Waals surface area contributed by atoms with E-state index in [4.69, 9.17) is 20.8 Å². The highest BCUT2D eigenvalue weighted by molar-refractivity contribution is 6.30. The maximum absolute atomic E-state index is 13.3. The van der Waals surface area contributed by atoms with Gasteiger partial charge in [-0.1, -0.05) is 11.6 Å². The smallest absolute Gasteiger partial charge is 0.294 e. The predicted molar refractivity (Wildman–Crippen MR) is 133 cm³/mol. The minimum atomic E-state index is -0.589. The van der Waals surface area contributed by atoms with Crippen molar-refractivity contribution in [3.05, 3.63) is 41.2 Å². The van der Waals surface area contributed by atoms with Crippen molar-refractivity contribution in [1.82, 2.24) is 14.9 Å². The number of ether oxygens (including phenoxy) is 1. The van der Waals surface area contributed by atoms with Crippen LogP contribution in [0, 0.1) is 5.92 Å². The lowest BCUT2D eigenvalue weighted by Gasteiger charge is -2.34. The van der Waals surface area contributed by atoms with Gasteiger partial charge >= 0.3 is 0 Å². The van der Waals surface area contributed by atoms with Crippen LogP contribution in [0.15, 0.2) is 34.9 Å². The molecule has 0 radical (unpaired) electrons. The number of halogens is 1. The van der Waals surface area contributed by atoms with Crippen molar-refractivity contribution in [2.24, 2.45) is 5.92 Å². The van der Waals surface area contributed by atoms with E-state index >= 15 is 0 Å². The van der Waals surface area contributed by atoms with Crippen molar-refractivity contribution in [3.8, 4) is 5.88 Å². The molecule has 3 aromatic rings. The van der Waals surface area contributed by atoms with E-state index in [1.807, 2.05) is 4.90 Å². The number of anilines is 2. The van der Waals surface area contributed by atoms with Gasteiger partial charge in [0.15, 0.2) is 5.58 Å². The fraction of sp³-hybridized carbons (Fsp3) is 0.400. The number of rotatable bonds is 6. The number of fused-ring (bicyclic) bond motifs is 1. The van der Waals surface area contributed by atoms with Crippen LogP contribution in [-0.4, -0.2) is 52.3 Å². The Labute approximate surface area is 212 Å². The van der Waals surface area contributed by atoms with Crippen LogP contribution in [0.5, 0.6) is 5.88 Å². The molecule has 5 rings (SSSR count). The number of pyridine rings is 2. The molecule has 1 aliphatic carbocycles. The lowest BCUT2D eigenvalue weighted by molar-refractivity contribution is -0.130. The average molecular weight is 512 g/mol. The molecule has 36 heavy (non-hydrogen) atoms. The molecule has 0 aromatic carbocycles. The zero-order valence-electron chi connectivity index (χ0n) is 19.8. The molecule has 0 unspecified atom stereocenters. The van der Waals surface area contributed by atoms with Crippen molar-refractivity contribution in [3.63, 3.8) is 0 Å². The molecular weight excluding hydrogens is 486 g/mol. The van der Waals surface area contributed by atoms with E-state index < -0.39 is 5.91 Å². The van der Waals surface area contributed by atoms with Gasteiger partial charge in [0, 0.05) is 37.2 Å². The summed E-state index contributed by atoms with van der Waals surface area (Å²) in [4.78, 5) is 48.9. The van der Waals surface area contributed by atoms with Gasteiger partial charge in [-0.2, -0.15) is 0 Å². The van der Waals surface area contributed by atoms with Crippen molar-refractivity contribution >= 4 is 51.9 Å². The highest BCUT2D eigenvalue weighted by atomic mass is 35.5. The summed E-state index contributed by atoms with van der Waals surface area (Å²) in [6.45, 7) is 0.801. The summed E-state index contributed by atoms with van der Waals surface area (Å²) in [5.74, 6) is -0.335. The number of furan rings is 1. The zero-order valence-corrected chi connectivity index (χ0v) is 20.5. The molecule has 188 valence electrons. The molecule has 0 spiro atoms. The number of methoxy groups -OCH3 is 1. The van der Waals surface area contributed by atoms with Gasteiger partial charge in [0.25, 0.3) is 5.91 Å². The number of likely N-dealkylation sites (tertiary alicyclic amines) is 1. The lowest BCUT2D eigenvalue weighted by Crippen LogP contribution is -2.40. The van der Waals surface area contributed by atoms with Gasteiger partial charge in [-0.05, 0) is 50.3 Å². The van der Waals surface area contributed by atoms with Crippen molar-refractivity contribution in [1.29, 1.82) is 0 Å². The summed E-state index contributed by atoms with van der Waals surface area (Å²) >= 11 is 5.88. The number of carbonyl (C=O) groups excluding carboxylic acids is 3. The maximum atomic E-state index is 13.3. The molecule has 0 atom stereocenters. The van der Waals surface area contributed by atoms with E-state index in [0.29, 0.717) is 41.3 Å². The molecule has 2 fully saturated rings. The lowest BCUT2D eigenvalue weighted by atomic mass is 9.84. The van der Waals surface area contributed by atoms with Gasteiger partial charge in [0.1, 0.15) is 17.0 Å². The SMILES string of the molecule is COc1ccc2oc(C(=O)Nc3ccc(Cl)cn3)c(NC(=O)[C@H]3CC[C@H](N4CCCC4=O)CC3)c2n1. The number of hydrogen-bond acceptors (Lipinski definition) is 7. The normalized spacial score (nSPS) is 19.9. The Morgan fingerprint density at radius 1 is 1.14 bits per heavy atom. The summed E-state index contributed by atoms with van der Waals surface area (Å²) < 4.78 is 11.0. The summed E-state index contributed by atoms with van der Waals surface area (Å²) in [5, 5.41) is 5.98. The largest absolute Gasteiger partial charge is 0.481 e. The van der Waals surface area contributed by atoms with Crippen LogP contribution in [0.3, 0.4) is 0 Å². The zero-order chi connectivity index (χ0) is 25.2. The number of amides is 3. The maximum Gasteiger partial charge on any atom is 0.294 e. The van der Waals surface area contributed by atoms with Gasteiger partial charge in [-0.15, -0.1) is 0 Å². The van der Waals surface area contributed by atoms with Crippen LogP contribution < -0.4 is 15.4 Å². The summed E-state index contributed by atoms with van der Waals surface area (Å²) in [5.41, 5.74) is 0.821. The third kappa shape index (κ3) is 4.86. The predicted octanol–water partition coefficient (Wildman–Crippen LogP) is 4.26. The van der Waals surface area contributed by atoms with Gasteiger partial charge in [-0.3, -0.25) is 14.4 Å². The number of nitrogens with zero attached hydrogens (tertiary/aromatic N) is 3. The Bertz CT molecular complexity index is 1300. The second-order valence-corrected chi connectivity index (χ2v) is 9.44. The molecule has 1 saturated heterocycles. The van der Waals surface area contributed by atoms with E-state index in [2.05, 4.69) is 20.6 Å². The minimum absolute atomic E-state index is 0.0906. The van der Waals surface area contributed by atoms with E-state index in [1.165, 1.54) is 13.3 Å². The Morgan fingerprint density at radius 3 is 2.61 bits per heavy atom. The molecular formula is C25H26ClN5O5. The monoisotopic (exact) mass is 511 g/mol. The highest BCUT2D eigenvalue weighted by Crippen LogP contribution is 2.35. The quantitative estimate of drug-likeness (QED) is 0.506. The summed E-state index contributed by atoms with van der Waals surface area (Å²) in [6, 6.07) is 6.60. The molecule has 2 N–H and O–H groups in total. The van der Waals surface area contributed by atoms with Crippen LogP contribution in [0.4, 0.5) is 11.5 Å². The fourth-order valence-electron chi connectivity index (χ4n) is 4.90. The standard InChI is InChI=1S/C25H26ClN5O5/c1-35-19-11-9-17-21(29-19)22(23(36-17)25(34)28-18-10-6-15(26)13-27-18)30-24(33)14-4-7-16(8-5-14)31-12-2-3-20(31)32/h6,9-11,13-14,16H,2-5,7-8,12H2,1H3,(H,30,33)(H,27,28,34)/t14-,16-. The van der Waals surface area contributed by atoms with Crippen LogP contribution in [0.1, 0.15) is 49.1 Å². The Hall–Kier alpha value is -3.66. The second-order valence-electron chi connectivity index (χ2n) is 9.01. The molecule has 3 amide bonds. The van der Waals surface area contributed by atoms with E-state index in [9.17, 15) is 14.4 Å². The first-order valence-corrected chi connectivity index (χ1v) is 12.3. The molecule has 1 saturated carbocycles. The number of carbonyl (C=O) groups is 3. The summed E-state index contributed by atoms with van der Waals surface area (Å²) in [6.07, 6.45) is 5.79. The van der Waals surface area contributed by atoms with E-state index in [1.54, 1.807) is 24.3 Å². The molecule has 1 aliphatic heterocycles. The van der Waals surface area contributed by atoms with Crippen molar-refractivity contribution in [2.75, 3.05) is 24.3 Å². The van der Waals surface area contributed by atoms with Gasteiger partial charge < -0.3 is 24.7 Å². The molecule has 3 aromatic heterocycles. The topological polar surface area (TPSA) is 127 Å². The third-order valence-electron chi connectivity index (χ3n) is 6.76. The van der Waals surface area contributed by atoms with Crippen LogP contribution >= 0.6 is 11.6 Å². The van der Waals surface area contributed by atoms with Gasteiger partial charge in [0.05, 0.1) is 12.1 Å². The van der Waals surface area contributed by atoms with Crippen LogP contribution in [-0.2, 0) is 9.59 Å². The Balaban J connectivity index is 1.36. The second kappa shape index (κ2) is 10.1. The van der Waals surface area contributed by atoms with E-state index in [-0.39, 0.29) is 41.0 Å². The Kier molecular flexibility index (Phi) is 6.77. The molecule has 2 aliphatic rings. The Morgan fingerprint density at radius 2 is 1.94 bits per heavy atom. The molecule has 4 heterocycles. The number of aromatic nitrogens is 2. The first kappa shape index (κ1) is 24.1. The number of hydrogen-bond donors (Lipinski definition) is 2. The summed E-state index contributed by atoms with van der Waals surface area (Å²) in [7, 11) is 1.48. The first-order valence-electron chi connectivity index (χ1n) is 11.9. The minimum Gasteiger partial charge on any atom is -0.481 e. The molecule has 0 bridgehead atoms. The van der Waals surface area contributed by atoms with E-state index in [0.717, 1.165) is 25.8 Å².